The lowest BCUT2D eigenvalue weighted by Gasteiger charge is -2.34. The fourth-order valence-corrected chi connectivity index (χ4v) is 4.53. The molecule has 3 rings (SSSR count). The summed E-state index contributed by atoms with van der Waals surface area (Å²) in [6, 6.07) is 14.6. The van der Waals surface area contributed by atoms with E-state index in [-0.39, 0.29) is 16.9 Å². The highest BCUT2D eigenvalue weighted by atomic mass is 19.4. The van der Waals surface area contributed by atoms with E-state index in [1.165, 1.54) is 29.8 Å². The van der Waals surface area contributed by atoms with Crippen molar-refractivity contribution >= 4 is 5.97 Å². The van der Waals surface area contributed by atoms with Gasteiger partial charge in [0, 0.05) is 24.2 Å². The molecule has 2 aromatic rings. The van der Waals surface area contributed by atoms with Gasteiger partial charge in [-0.3, -0.25) is 0 Å². The van der Waals surface area contributed by atoms with Gasteiger partial charge in [0.15, 0.2) is 6.10 Å². The average Bonchev–Trinajstić information content (AvgIpc) is 2.86. The third-order valence-corrected chi connectivity index (χ3v) is 6.72. The van der Waals surface area contributed by atoms with E-state index in [4.69, 9.17) is 9.47 Å². The summed E-state index contributed by atoms with van der Waals surface area (Å²) >= 11 is 0. The molecule has 196 valence electrons. The second kappa shape index (κ2) is 11.9. The van der Waals surface area contributed by atoms with Crippen LogP contribution in [0.3, 0.4) is 0 Å². The largest absolute Gasteiger partial charge is 0.446 e. The van der Waals surface area contributed by atoms with Gasteiger partial charge >= 0.3 is 12.1 Å². The molecule has 0 heterocycles. The Morgan fingerprint density at radius 1 is 0.892 bits per heavy atom. The fraction of sp³-hybridized carbons (Fsp3) is 0.452. The van der Waals surface area contributed by atoms with Crippen LogP contribution in [-0.4, -0.2) is 25.4 Å². The Hall–Kier alpha value is -3.22. The van der Waals surface area contributed by atoms with Gasteiger partial charge in [0.05, 0.1) is 0 Å². The van der Waals surface area contributed by atoms with Crippen LogP contribution in [-0.2, 0) is 25.3 Å². The van der Waals surface area contributed by atoms with E-state index in [2.05, 4.69) is 44.5 Å². The van der Waals surface area contributed by atoms with Crippen LogP contribution in [0.25, 0.3) is 0 Å². The molecule has 0 unspecified atom stereocenters. The van der Waals surface area contributed by atoms with E-state index in [9.17, 15) is 18.0 Å². The van der Waals surface area contributed by atoms with Gasteiger partial charge in [-0.05, 0) is 53.7 Å². The second-order valence-electron chi connectivity index (χ2n) is 10.3. The van der Waals surface area contributed by atoms with Crippen LogP contribution in [0.2, 0.25) is 0 Å². The van der Waals surface area contributed by atoms with Gasteiger partial charge in [-0.2, -0.15) is 13.2 Å². The smallest absolute Gasteiger partial charge is 0.432 e. The number of esters is 1. The Morgan fingerprint density at radius 3 is 2.05 bits per heavy atom. The molecule has 0 spiro atoms. The minimum Gasteiger partial charge on any atom is -0.446 e. The maximum absolute atomic E-state index is 14.3. The highest BCUT2D eigenvalue weighted by Crippen LogP contribution is 2.43. The summed E-state index contributed by atoms with van der Waals surface area (Å²) in [4.78, 5) is 13.2. The minimum atomic E-state index is -5.04. The molecule has 1 aliphatic carbocycles. The lowest BCUT2D eigenvalue weighted by Crippen LogP contribution is -2.53. The van der Waals surface area contributed by atoms with E-state index >= 15 is 0 Å². The van der Waals surface area contributed by atoms with Crippen molar-refractivity contribution in [3.63, 3.8) is 0 Å². The molecule has 0 saturated heterocycles. The number of alkyl halides is 3. The first-order chi connectivity index (χ1) is 17.5. The van der Waals surface area contributed by atoms with Crippen LogP contribution in [0.15, 0.2) is 54.6 Å². The van der Waals surface area contributed by atoms with Crippen molar-refractivity contribution in [3.8, 4) is 23.7 Å². The molecular formula is C31H33F3O3. The van der Waals surface area contributed by atoms with Gasteiger partial charge in [0.2, 0.25) is 0 Å². The first-order valence-corrected chi connectivity index (χ1v) is 12.5. The molecule has 0 aliphatic heterocycles. The van der Waals surface area contributed by atoms with Crippen LogP contribution in [0.4, 0.5) is 13.2 Å². The summed E-state index contributed by atoms with van der Waals surface area (Å²) in [7, 11) is 0.861. The number of carbonyl (C=O) groups is 1. The SMILES string of the molecule is CO[C@](C(=O)O[C@H](C#CC#Cc1ccc(C(C)(C)C)cc1)C1CCCCC1)(c1ccccc1)C(F)(F)F. The third-order valence-electron chi connectivity index (χ3n) is 6.72. The zero-order valence-electron chi connectivity index (χ0n) is 21.7. The van der Waals surface area contributed by atoms with Crippen molar-refractivity contribution < 1.29 is 27.4 Å². The number of rotatable bonds is 5. The van der Waals surface area contributed by atoms with E-state index in [1.54, 1.807) is 6.07 Å². The maximum Gasteiger partial charge on any atom is 0.432 e. The zero-order valence-corrected chi connectivity index (χ0v) is 21.7. The second-order valence-corrected chi connectivity index (χ2v) is 10.3. The molecule has 0 aromatic heterocycles. The Balaban J connectivity index is 1.89. The summed E-state index contributed by atoms with van der Waals surface area (Å²) in [5.74, 6) is 9.58. The van der Waals surface area contributed by atoms with Gasteiger partial charge < -0.3 is 9.47 Å². The average molecular weight is 511 g/mol. The van der Waals surface area contributed by atoms with Crippen LogP contribution in [0, 0.1) is 29.6 Å². The number of methoxy groups -OCH3 is 1. The molecule has 6 heteroatoms. The number of halogens is 3. The quantitative estimate of drug-likeness (QED) is 0.323. The standard InChI is InChI=1S/C31H33F3O3/c1-29(2,3)25-21-19-23(20-22-25)13-11-12-18-27(24-14-7-5-8-15-24)37-28(35)30(36-4,31(32,33)34)26-16-9-6-10-17-26/h6,9-10,16-17,19-22,24,27H,5,7-8,14-15H2,1-4H3/t27-,30+/m1/s1. The summed E-state index contributed by atoms with van der Waals surface area (Å²) in [6.07, 6.45) is -1.80. The molecule has 0 amide bonds. The predicted octanol–water partition coefficient (Wildman–Crippen LogP) is 6.94. The lowest BCUT2D eigenvalue weighted by atomic mass is 9.85. The molecule has 1 saturated carbocycles. The molecular weight excluding hydrogens is 477 g/mol. The zero-order chi connectivity index (χ0) is 27.1. The Morgan fingerprint density at radius 2 is 1.51 bits per heavy atom. The number of hydrogen-bond acceptors (Lipinski definition) is 3. The third kappa shape index (κ3) is 6.76. The van der Waals surface area contributed by atoms with Gasteiger partial charge in [-0.1, -0.05) is 88.4 Å². The topological polar surface area (TPSA) is 35.5 Å². The Labute approximate surface area is 217 Å². The van der Waals surface area contributed by atoms with E-state index in [0.717, 1.165) is 31.9 Å². The van der Waals surface area contributed by atoms with Gasteiger partial charge in [0.1, 0.15) is 0 Å². The van der Waals surface area contributed by atoms with Crippen molar-refractivity contribution in [2.45, 2.75) is 76.2 Å². The van der Waals surface area contributed by atoms with Crippen LogP contribution in [0.5, 0.6) is 0 Å². The molecule has 0 N–H and O–H groups in total. The van der Waals surface area contributed by atoms with Crippen molar-refractivity contribution in [3.05, 3.63) is 71.3 Å². The predicted molar refractivity (Wildman–Crippen MR) is 137 cm³/mol. The van der Waals surface area contributed by atoms with Gasteiger partial charge in [0.25, 0.3) is 5.60 Å². The van der Waals surface area contributed by atoms with Crippen LogP contribution in [0.1, 0.15) is 69.6 Å². The highest BCUT2D eigenvalue weighted by molar-refractivity contribution is 5.83. The van der Waals surface area contributed by atoms with E-state index < -0.39 is 23.9 Å². The summed E-state index contributed by atoms with van der Waals surface area (Å²) in [5, 5.41) is 0. The molecule has 0 radical (unpaired) electrons. The van der Waals surface area contributed by atoms with E-state index in [1.807, 2.05) is 24.3 Å². The monoisotopic (exact) mass is 510 g/mol. The summed E-state index contributed by atoms with van der Waals surface area (Å²) in [5.41, 5.74) is -1.62. The van der Waals surface area contributed by atoms with Crippen molar-refractivity contribution in [2.75, 3.05) is 7.11 Å². The lowest BCUT2D eigenvalue weighted by molar-refractivity contribution is -0.278. The number of benzene rings is 2. The normalized spacial score (nSPS) is 16.8. The van der Waals surface area contributed by atoms with Crippen molar-refractivity contribution in [1.82, 2.24) is 0 Å². The Bertz CT molecular complexity index is 1170. The molecule has 2 aromatic carbocycles. The minimum absolute atomic E-state index is 0.0243. The number of carbonyl (C=O) groups excluding carboxylic acids is 1. The molecule has 1 aliphatic rings. The van der Waals surface area contributed by atoms with Crippen molar-refractivity contribution in [2.24, 2.45) is 5.92 Å². The molecule has 1 fully saturated rings. The maximum atomic E-state index is 14.3. The number of ether oxygens (including phenoxy) is 2. The van der Waals surface area contributed by atoms with E-state index in [0.29, 0.717) is 12.8 Å². The number of hydrogen-bond donors (Lipinski definition) is 0. The highest BCUT2D eigenvalue weighted by Gasteiger charge is 2.64. The molecule has 2 atom stereocenters. The summed E-state index contributed by atoms with van der Waals surface area (Å²) < 4.78 is 53.3. The van der Waals surface area contributed by atoms with Crippen LogP contribution >= 0.6 is 0 Å². The fourth-order valence-electron chi connectivity index (χ4n) is 4.53. The van der Waals surface area contributed by atoms with Crippen molar-refractivity contribution in [1.29, 1.82) is 0 Å². The Kier molecular flexibility index (Phi) is 9.11. The van der Waals surface area contributed by atoms with Gasteiger partial charge in [-0.25, -0.2) is 4.79 Å². The first kappa shape index (κ1) is 28.4. The molecule has 37 heavy (non-hydrogen) atoms. The molecule has 3 nitrogen and oxygen atoms in total. The summed E-state index contributed by atoms with van der Waals surface area (Å²) in [6.45, 7) is 6.38. The van der Waals surface area contributed by atoms with Gasteiger partial charge in [-0.15, -0.1) is 0 Å². The van der Waals surface area contributed by atoms with Crippen LogP contribution < -0.4 is 0 Å². The molecule has 0 bridgehead atoms. The first-order valence-electron chi connectivity index (χ1n) is 12.5.